The van der Waals surface area contributed by atoms with Crippen molar-refractivity contribution >= 4 is 5.69 Å². The lowest BCUT2D eigenvalue weighted by molar-refractivity contribution is -0.384. The Morgan fingerprint density at radius 1 is 1.24 bits per heavy atom. The van der Waals surface area contributed by atoms with Crippen LogP contribution in [-0.2, 0) is 0 Å². The Balaban J connectivity index is 2.30. The first-order chi connectivity index (χ1) is 8.08. The largest absolute Gasteiger partial charge is 0.458 e. The summed E-state index contributed by atoms with van der Waals surface area (Å²) >= 11 is 0. The molecule has 0 aliphatic carbocycles. The van der Waals surface area contributed by atoms with E-state index in [9.17, 15) is 15.2 Å². The standard InChI is InChI=1S/C12H11NO4/c1-8(14)11-6-7-12(17-11)9-2-4-10(5-3-9)13(15)16/h2-8,14H,1H3/t8-/m0/s1. The highest BCUT2D eigenvalue weighted by atomic mass is 16.6. The molecular weight excluding hydrogens is 222 g/mol. The molecule has 1 heterocycles. The van der Waals surface area contributed by atoms with Gasteiger partial charge in [-0.15, -0.1) is 0 Å². The van der Waals surface area contributed by atoms with Gasteiger partial charge in [-0.1, -0.05) is 0 Å². The number of non-ortho nitro benzene ring substituents is 1. The molecule has 1 aromatic heterocycles. The van der Waals surface area contributed by atoms with Crippen LogP contribution in [0.4, 0.5) is 5.69 Å². The van der Waals surface area contributed by atoms with Crippen LogP contribution < -0.4 is 0 Å². The number of hydrogen-bond donors (Lipinski definition) is 1. The van der Waals surface area contributed by atoms with Gasteiger partial charge >= 0.3 is 0 Å². The molecule has 0 amide bonds. The van der Waals surface area contributed by atoms with Crippen LogP contribution in [0.15, 0.2) is 40.8 Å². The number of nitro benzene ring substituents is 1. The second-order valence-corrected chi connectivity index (χ2v) is 3.68. The molecule has 1 aromatic carbocycles. The highest BCUT2D eigenvalue weighted by Crippen LogP contribution is 2.26. The molecule has 5 nitrogen and oxygen atoms in total. The van der Waals surface area contributed by atoms with E-state index in [1.165, 1.54) is 12.1 Å². The van der Waals surface area contributed by atoms with E-state index in [-0.39, 0.29) is 5.69 Å². The maximum atomic E-state index is 10.5. The maximum Gasteiger partial charge on any atom is 0.269 e. The van der Waals surface area contributed by atoms with E-state index in [4.69, 9.17) is 4.42 Å². The van der Waals surface area contributed by atoms with Crippen molar-refractivity contribution in [2.75, 3.05) is 0 Å². The molecule has 2 rings (SSSR count). The van der Waals surface area contributed by atoms with E-state index in [1.807, 2.05) is 0 Å². The summed E-state index contributed by atoms with van der Waals surface area (Å²) in [6.45, 7) is 1.61. The number of nitrogens with zero attached hydrogens (tertiary/aromatic N) is 1. The van der Waals surface area contributed by atoms with Gasteiger partial charge < -0.3 is 9.52 Å². The van der Waals surface area contributed by atoms with Crippen LogP contribution >= 0.6 is 0 Å². The Morgan fingerprint density at radius 3 is 2.35 bits per heavy atom. The minimum atomic E-state index is -0.665. The number of aliphatic hydroxyl groups excluding tert-OH is 1. The van der Waals surface area contributed by atoms with E-state index in [2.05, 4.69) is 0 Å². The topological polar surface area (TPSA) is 76.5 Å². The van der Waals surface area contributed by atoms with E-state index in [0.717, 1.165) is 5.56 Å². The van der Waals surface area contributed by atoms with E-state index < -0.39 is 11.0 Å². The molecular formula is C12H11NO4. The fourth-order valence-electron chi connectivity index (χ4n) is 1.48. The van der Waals surface area contributed by atoms with Crippen LogP contribution in [0.3, 0.4) is 0 Å². The van der Waals surface area contributed by atoms with Crippen molar-refractivity contribution in [1.82, 2.24) is 0 Å². The summed E-state index contributed by atoms with van der Waals surface area (Å²) in [6.07, 6.45) is -0.665. The van der Waals surface area contributed by atoms with Crippen LogP contribution in [0, 0.1) is 10.1 Å². The van der Waals surface area contributed by atoms with Crippen molar-refractivity contribution in [3.05, 3.63) is 52.3 Å². The average molecular weight is 233 g/mol. The monoisotopic (exact) mass is 233 g/mol. The zero-order valence-electron chi connectivity index (χ0n) is 9.16. The molecule has 0 aliphatic rings. The Labute approximate surface area is 97.5 Å². The van der Waals surface area contributed by atoms with Gasteiger partial charge in [-0.2, -0.15) is 0 Å². The molecule has 88 valence electrons. The summed E-state index contributed by atoms with van der Waals surface area (Å²) in [5, 5.41) is 19.8. The third-order valence-corrected chi connectivity index (χ3v) is 2.40. The Morgan fingerprint density at radius 2 is 1.88 bits per heavy atom. The fraction of sp³-hybridized carbons (Fsp3) is 0.167. The van der Waals surface area contributed by atoms with Gasteiger partial charge in [0.2, 0.25) is 0 Å². The number of rotatable bonds is 3. The average Bonchev–Trinajstić information content (AvgIpc) is 2.78. The van der Waals surface area contributed by atoms with Gasteiger partial charge in [-0.05, 0) is 31.2 Å². The zero-order valence-corrected chi connectivity index (χ0v) is 9.16. The molecule has 0 aliphatic heterocycles. The molecule has 0 radical (unpaired) electrons. The summed E-state index contributed by atoms with van der Waals surface area (Å²) in [5.74, 6) is 1.05. The van der Waals surface area contributed by atoms with Gasteiger partial charge in [0.1, 0.15) is 17.6 Å². The second kappa shape index (κ2) is 4.39. The van der Waals surface area contributed by atoms with Crippen LogP contribution in [0.5, 0.6) is 0 Å². The molecule has 5 heteroatoms. The number of aliphatic hydroxyl groups is 1. The highest BCUT2D eigenvalue weighted by Gasteiger charge is 2.10. The first-order valence-corrected chi connectivity index (χ1v) is 5.10. The lowest BCUT2D eigenvalue weighted by Crippen LogP contribution is -1.87. The van der Waals surface area contributed by atoms with Crippen LogP contribution in [0.25, 0.3) is 11.3 Å². The SMILES string of the molecule is C[C@H](O)c1ccc(-c2ccc([N+](=O)[O-])cc2)o1. The number of hydrogen-bond acceptors (Lipinski definition) is 4. The third-order valence-electron chi connectivity index (χ3n) is 2.40. The molecule has 1 atom stereocenters. The highest BCUT2D eigenvalue weighted by molar-refractivity contribution is 5.59. The minimum absolute atomic E-state index is 0.0380. The van der Waals surface area contributed by atoms with Gasteiger partial charge in [0.15, 0.2) is 0 Å². The van der Waals surface area contributed by atoms with Crippen LogP contribution in [-0.4, -0.2) is 10.0 Å². The zero-order chi connectivity index (χ0) is 12.4. The Hall–Kier alpha value is -2.14. The minimum Gasteiger partial charge on any atom is -0.458 e. The van der Waals surface area contributed by atoms with Crippen LogP contribution in [0.2, 0.25) is 0 Å². The molecule has 0 saturated carbocycles. The smallest absolute Gasteiger partial charge is 0.269 e. The van der Waals surface area contributed by atoms with E-state index >= 15 is 0 Å². The summed E-state index contributed by atoms with van der Waals surface area (Å²) in [6, 6.07) is 9.47. The van der Waals surface area contributed by atoms with E-state index in [0.29, 0.717) is 11.5 Å². The van der Waals surface area contributed by atoms with Gasteiger partial charge in [0, 0.05) is 17.7 Å². The van der Waals surface area contributed by atoms with Gasteiger partial charge in [0.25, 0.3) is 5.69 Å². The Kier molecular flexibility index (Phi) is 2.93. The summed E-state index contributed by atoms with van der Waals surface area (Å²) in [4.78, 5) is 10.0. The number of nitro groups is 1. The lowest BCUT2D eigenvalue weighted by Gasteiger charge is -1.99. The second-order valence-electron chi connectivity index (χ2n) is 3.68. The van der Waals surface area contributed by atoms with E-state index in [1.54, 1.807) is 31.2 Å². The first-order valence-electron chi connectivity index (χ1n) is 5.10. The number of benzene rings is 1. The van der Waals surface area contributed by atoms with Crippen LogP contribution in [0.1, 0.15) is 18.8 Å². The molecule has 0 unspecified atom stereocenters. The maximum absolute atomic E-state index is 10.5. The summed E-state index contributed by atoms with van der Waals surface area (Å²) in [5.41, 5.74) is 0.776. The van der Waals surface area contributed by atoms with Crippen molar-refractivity contribution in [1.29, 1.82) is 0 Å². The van der Waals surface area contributed by atoms with Crippen molar-refractivity contribution < 1.29 is 14.4 Å². The molecule has 0 saturated heterocycles. The van der Waals surface area contributed by atoms with Crippen molar-refractivity contribution in [2.24, 2.45) is 0 Å². The molecule has 17 heavy (non-hydrogen) atoms. The normalized spacial score (nSPS) is 12.4. The van der Waals surface area contributed by atoms with Gasteiger partial charge in [-0.25, -0.2) is 0 Å². The van der Waals surface area contributed by atoms with Gasteiger partial charge in [-0.3, -0.25) is 10.1 Å². The number of furan rings is 1. The fourth-order valence-corrected chi connectivity index (χ4v) is 1.48. The predicted octanol–water partition coefficient (Wildman–Crippen LogP) is 2.91. The first kappa shape index (κ1) is 11.3. The molecule has 2 aromatic rings. The molecule has 0 fully saturated rings. The lowest BCUT2D eigenvalue weighted by atomic mass is 10.1. The van der Waals surface area contributed by atoms with Gasteiger partial charge in [0.05, 0.1) is 4.92 Å². The van der Waals surface area contributed by atoms with Crippen molar-refractivity contribution in [2.45, 2.75) is 13.0 Å². The van der Waals surface area contributed by atoms with Crippen molar-refractivity contribution in [3.63, 3.8) is 0 Å². The summed E-state index contributed by atoms with van der Waals surface area (Å²) < 4.78 is 5.41. The summed E-state index contributed by atoms with van der Waals surface area (Å²) in [7, 11) is 0. The predicted molar refractivity (Wildman–Crippen MR) is 61.4 cm³/mol. The molecule has 0 bridgehead atoms. The molecule has 1 N–H and O–H groups in total. The molecule has 0 spiro atoms. The quantitative estimate of drug-likeness (QED) is 0.653. The third kappa shape index (κ3) is 2.34. The Bertz CT molecular complexity index is 528. The van der Waals surface area contributed by atoms with Crippen molar-refractivity contribution in [3.8, 4) is 11.3 Å².